The number of rotatable bonds is 10. The molecular formula is C27H31N5O3. The monoisotopic (exact) mass is 473 g/mol. The van der Waals surface area contributed by atoms with Gasteiger partial charge < -0.3 is 15.0 Å². The third kappa shape index (κ3) is 7.18. The van der Waals surface area contributed by atoms with Gasteiger partial charge in [0.25, 0.3) is 5.91 Å². The van der Waals surface area contributed by atoms with Crippen LogP contribution in [0.1, 0.15) is 34.1 Å². The Morgan fingerprint density at radius 3 is 2.20 bits per heavy atom. The summed E-state index contributed by atoms with van der Waals surface area (Å²) in [5.74, 6) is -0.340. The Balaban J connectivity index is 1.42. The molecule has 1 N–H and O–H groups in total. The molecule has 2 amide bonds. The molecule has 8 heteroatoms. The molecule has 1 aliphatic heterocycles. The van der Waals surface area contributed by atoms with Crippen molar-refractivity contribution in [3.63, 3.8) is 0 Å². The first-order chi connectivity index (χ1) is 17.2. The van der Waals surface area contributed by atoms with E-state index < -0.39 is 0 Å². The highest BCUT2D eigenvalue weighted by molar-refractivity contribution is 5.92. The zero-order valence-electron chi connectivity index (χ0n) is 19.8. The standard InChI is InChI=1S/C27H31N5O3/c33-25(30-26(22-7-3-1-4-8-22)23-9-5-2-6-10-23)11-14-32(16-15-31-17-19-35-20-18-31)27(34)24-21-28-12-13-29-24/h1-10,12-13,21,26H,11,14-20H2,(H,30,33). The zero-order valence-corrected chi connectivity index (χ0v) is 19.8. The van der Waals surface area contributed by atoms with Crippen molar-refractivity contribution in [3.05, 3.63) is 96.1 Å². The molecule has 0 bridgehead atoms. The highest BCUT2D eigenvalue weighted by Gasteiger charge is 2.22. The largest absolute Gasteiger partial charge is 0.379 e. The van der Waals surface area contributed by atoms with Crippen LogP contribution >= 0.6 is 0 Å². The summed E-state index contributed by atoms with van der Waals surface area (Å²) in [5, 5.41) is 3.16. The second-order valence-electron chi connectivity index (χ2n) is 8.41. The van der Waals surface area contributed by atoms with E-state index in [9.17, 15) is 9.59 Å². The fourth-order valence-corrected chi connectivity index (χ4v) is 4.09. The summed E-state index contributed by atoms with van der Waals surface area (Å²) < 4.78 is 5.42. The summed E-state index contributed by atoms with van der Waals surface area (Å²) in [5.41, 5.74) is 2.29. The molecule has 1 aromatic heterocycles. The first-order valence-electron chi connectivity index (χ1n) is 12.0. The Kier molecular flexibility index (Phi) is 8.91. The smallest absolute Gasteiger partial charge is 0.274 e. The lowest BCUT2D eigenvalue weighted by Gasteiger charge is -2.30. The van der Waals surface area contributed by atoms with E-state index in [0.717, 1.165) is 24.2 Å². The topological polar surface area (TPSA) is 87.7 Å². The molecular weight excluding hydrogens is 442 g/mol. The molecule has 3 aromatic rings. The number of morpholine rings is 1. The lowest BCUT2D eigenvalue weighted by molar-refractivity contribution is -0.121. The molecule has 4 rings (SSSR count). The van der Waals surface area contributed by atoms with Gasteiger partial charge in [0.1, 0.15) is 5.69 Å². The minimum atomic E-state index is -0.262. The van der Waals surface area contributed by atoms with Gasteiger partial charge in [0.05, 0.1) is 25.5 Å². The highest BCUT2D eigenvalue weighted by Crippen LogP contribution is 2.22. The summed E-state index contributed by atoms with van der Waals surface area (Å²) in [6, 6.07) is 19.5. The molecule has 0 unspecified atom stereocenters. The van der Waals surface area contributed by atoms with Crippen molar-refractivity contribution in [2.75, 3.05) is 45.9 Å². The number of hydrogen-bond donors (Lipinski definition) is 1. The predicted octanol–water partition coefficient (Wildman–Crippen LogP) is 2.55. The third-order valence-corrected chi connectivity index (χ3v) is 6.04. The Morgan fingerprint density at radius 2 is 1.60 bits per heavy atom. The quantitative estimate of drug-likeness (QED) is 0.487. The Bertz CT molecular complexity index is 1020. The molecule has 2 heterocycles. The Hall–Kier alpha value is -3.62. The van der Waals surface area contributed by atoms with E-state index in [4.69, 9.17) is 4.74 Å². The second kappa shape index (κ2) is 12.7. The van der Waals surface area contributed by atoms with Crippen LogP contribution in [0.4, 0.5) is 0 Å². The Labute approximate surface area is 205 Å². The van der Waals surface area contributed by atoms with E-state index in [0.29, 0.717) is 32.8 Å². The number of hydrogen-bond acceptors (Lipinski definition) is 6. The normalized spacial score (nSPS) is 14.0. The summed E-state index contributed by atoms with van der Waals surface area (Å²) >= 11 is 0. The van der Waals surface area contributed by atoms with Gasteiger partial charge in [0.2, 0.25) is 5.91 Å². The minimum Gasteiger partial charge on any atom is -0.379 e. The van der Waals surface area contributed by atoms with Crippen LogP contribution in [0.15, 0.2) is 79.3 Å². The first-order valence-corrected chi connectivity index (χ1v) is 12.0. The van der Waals surface area contributed by atoms with Gasteiger partial charge >= 0.3 is 0 Å². The number of nitrogens with one attached hydrogen (secondary N) is 1. The van der Waals surface area contributed by atoms with Gasteiger partial charge in [0, 0.05) is 51.5 Å². The van der Waals surface area contributed by atoms with Crippen molar-refractivity contribution >= 4 is 11.8 Å². The van der Waals surface area contributed by atoms with Crippen LogP contribution in [0, 0.1) is 0 Å². The van der Waals surface area contributed by atoms with Crippen molar-refractivity contribution in [1.82, 2.24) is 25.1 Å². The Morgan fingerprint density at radius 1 is 0.943 bits per heavy atom. The zero-order chi connectivity index (χ0) is 24.3. The molecule has 0 saturated carbocycles. The minimum absolute atomic E-state index is 0.119. The molecule has 0 atom stereocenters. The lowest BCUT2D eigenvalue weighted by atomic mass is 9.98. The number of nitrogens with zero attached hydrogens (tertiary/aromatic N) is 4. The fraction of sp³-hybridized carbons (Fsp3) is 0.333. The molecule has 0 aliphatic carbocycles. The van der Waals surface area contributed by atoms with Crippen molar-refractivity contribution in [1.29, 1.82) is 0 Å². The molecule has 1 fully saturated rings. The highest BCUT2D eigenvalue weighted by atomic mass is 16.5. The van der Waals surface area contributed by atoms with Crippen molar-refractivity contribution in [2.45, 2.75) is 12.5 Å². The van der Waals surface area contributed by atoms with Gasteiger partial charge in [-0.2, -0.15) is 0 Å². The van der Waals surface area contributed by atoms with Gasteiger partial charge in [-0.25, -0.2) is 4.98 Å². The molecule has 182 valence electrons. The maximum absolute atomic E-state index is 13.1. The summed E-state index contributed by atoms with van der Waals surface area (Å²) in [4.78, 5) is 38.4. The predicted molar refractivity (Wildman–Crippen MR) is 133 cm³/mol. The maximum atomic E-state index is 13.1. The number of benzene rings is 2. The van der Waals surface area contributed by atoms with Gasteiger partial charge in [-0.1, -0.05) is 60.7 Å². The van der Waals surface area contributed by atoms with Gasteiger partial charge in [0.15, 0.2) is 0 Å². The van der Waals surface area contributed by atoms with E-state index in [1.165, 1.54) is 18.6 Å². The summed E-state index contributed by atoms with van der Waals surface area (Å²) in [7, 11) is 0. The van der Waals surface area contributed by atoms with E-state index >= 15 is 0 Å². The summed E-state index contributed by atoms with van der Waals surface area (Å²) in [6.45, 7) is 4.58. The molecule has 1 saturated heterocycles. The van der Waals surface area contributed by atoms with E-state index in [1.807, 2.05) is 60.7 Å². The summed E-state index contributed by atoms with van der Waals surface area (Å²) in [6.07, 6.45) is 4.69. The number of carbonyl (C=O) groups excluding carboxylic acids is 2. The average molecular weight is 474 g/mol. The second-order valence-corrected chi connectivity index (χ2v) is 8.41. The lowest BCUT2D eigenvalue weighted by Crippen LogP contribution is -2.44. The van der Waals surface area contributed by atoms with Crippen molar-refractivity contribution in [3.8, 4) is 0 Å². The van der Waals surface area contributed by atoms with Crippen molar-refractivity contribution in [2.24, 2.45) is 0 Å². The molecule has 35 heavy (non-hydrogen) atoms. The van der Waals surface area contributed by atoms with Gasteiger partial charge in [-0.3, -0.25) is 19.5 Å². The number of carbonyl (C=O) groups is 2. The van der Waals surface area contributed by atoms with E-state index in [-0.39, 0.29) is 30.0 Å². The molecule has 1 aliphatic rings. The SMILES string of the molecule is O=C(CCN(CCN1CCOCC1)C(=O)c1cnccn1)NC(c1ccccc1)c1ccccc1. The van der Waals surface area contributed by atoms with Crippen LogP contribution in [-0.2, 0) is 9.53 Å². The van der Waals surface area contributed by atoms with E-state index in [2.05, 4.69) is 20.2 Å². The maximum Gasteiger partial charge on any atom is 0.274 e. The molecule has 0 radical (unpaired) electrons. The van der Waals surface area contributed by atoms with Crippen LogP contribution < -0.4 is 5.32 Å². The van der Waals surface area contributed by atoms with Crippen molar-refractivity contribution < 1.29 is 14.3 Å². The van der Waals surface area contributed by atoms with Gasteiger partial charge in [-0.05, 0) is 11.1 Å². The number of ether oxygens (including phenoxy) is 1. The van der Waals surface area contributed by atoms with E-state index in [1.54, 1.807) is 4.90 Å². The molecule has 8 nitrogen and oxygen atoms in total. The molecule has 0 spiro atoms. The average Bonchev–Trinajstić information content (AvgIpc) is 2.93. The van der Waals surface area contributed by atoms with Gasteiger partial charge in [-0.15, -0.1) is 0 Å². The number of aromatic nitrogens is 2. The van der Waals surface area contributed by atoms with Crippen LogP contribution in [0.2, 0.25) is 0 Å². The third-order valence-electron chi connectivity index (χ3n) is 6.04. The van der Waals surface area contributed by atoms with Crippen LogP contribution in [0.5, 0.6) is 0 Å². The first kappa shape index (κ1) is 24.5. The van der Waals surface area contributed by atoms with Crippen LogP contribution in [0.3, 0.4) is 0 Å². The van der Waals surface area contributed by atoms with Crippen LogP contribution in [0.25, 0.3) is 0 Å². The molecule has 2 aromatic carbocycles. The van der Waals surface area contributed by atoms with Crippen LogP contribution in [-0.4, -0.2) is 77.5 Å². The number of amides is 2. The fourth-order valence-electron chi connectivity index (χ4n) is 4.09.